The highest BCUT2D eigenvalue weighted by atomic mass is 32.2. The van der Waals surface area contributed by atoms with E-state index in [-0.39, 0.29) is 24.0 Å². The number of furan rings is 1. The van der Waals surface area contributed by atoms with Gasteiger partial charge in [0.2, 0.25) is 11.6 Å². The summed E-state index contributed by atoms with van der Waals surface area (Å²) in [5.41, 5.74) is -0.0843. The Bertz CT molecular complexity index is 915. The minimum Gasteiger partial charge on any atom is -0.464 e. The summed E-state index contributed by atoms with van der Waals surface area (Å²) in [6, 6.07) is 13.5. The summed E-state index contributed by atoms with van der Waals surface area (Å²) in [4.78, 5) is 15.4. The van der Waals surface area contributed by atoms with Crippen molar-refractivity contribution in [2.75, 3.05) is 12.0 Å². The molecule has 0 radical (unpaired) electrons. The number of allylic oxidation sites excluding steroid dienone is 1. The lowest BCUT2D eigenvalue weighted by atomic mass is 9.86. The van der Waals surface area contributed by atoms with Gasteiger partial charge >= 0.3 is 0 Å². The Morgan fingerprint density at radius 2 is 2.15 bits per heavy atom. The second-order valence-corrected chi connectivity index (χ2v) is 8.02. The molecule has 4 rings (SSSR count). The molecule has 0 aliphatic carbocycles. The molecule has 1 amide bonds. The number of thioether (sulfide) groups is 2. The molecule has 3 heterocycles. The van der Waals surface area contributed by atoms with E-state index >= 15 is 0 Å². The van der Waals surface area contributed by atoms with E-state index in [4.69, 9.17) is 4.42 Å². The second-order valence-electron chi connectivity index (χ2n) is 6.17. The molecular formula is C19H16N2O3S2. The van der Waals surface area contributed by atoms with Crippen LogP contribution in [0.3, 0.4) is 0 Å². The topological polar surface area (TPSA) is 77.5 Å². The molecule has 7 heteroatoms. The quantitative estimate of drug-likeness (QED) is 0.814. The summed E-state index contributed by atoms with van der Waals surface area (Å²) in [6.45, 7) is 0. The van der Waals surface area contributed by atoms with E-state index in [0.717, 1.165) is 10.5 Å². The average Bonchev–Trinajstić information content (AvgIpc) is 3.31. The molecule has 2 unspecified atom stereocenters. The minimum atomic E-state index is -1.55. The molecule has 2 aliphatic rings. The Labute approximate surface area is 159 Å². The number of fused-ring (bicyclic) bond motifs is 1. The van der Waals surface area contributed by atoms with E-state index in [1.165, 1.54) is 22.9 Å². The van der Waals surface area contributed by atoms with Gasteiger partial charge in [0.25, 0.3) is 0 Å². The van der Waals surface area contributed by atoms with Crippen LogP contribution >= 0.6 is 23.5 Å². The molecule has 1 saturated heterocycles. The first-order valence-corrected chi connectivity index (χ1v) is 10.3. The van der Waals surface area contributed by atoms with Crippen molar-refractivity contribution in [3.63, 3.8) is 0 Å². The zero-order chi connectivity index (χ0) is 18.3. The van der Waals surface area contributed by atoms with Crippen molar-refractivity contribution in [1.29, 1.82) is 5.26 Å². The van der Waals surface area contributed by atoms with Crippen LogP contribution in [0.2, 0.25) is 0 Å². The third kappa shape index (κ3) is 2.57. The van der Waals surface area contributed by atoms with Gasteiger partial charge in [0.15, 0.2) is 5.76 Å². The standard InChI is InChI=1S/C19H16N2O3S2/c1-25-13-6-4-12(5-7-13)14-9-17(22)21-18(15(14)10-20)26-11-19(21,23)16-3-2-8-24-16/h2-8,14,23H,9,11H2,1H3. The van der Waals surface area contributed by atoms with Gasteiger partial charge in [-0.2, -0.15) is 5.26 Å². The zero-order valence-electron chi connectivity index (χ0n) is 14.0. The van der Waals surface area contributed by atoms with E-state index in [1.54, 1.807) is 23.9 Å². The number of amides is 1. The molecule has 1 fully saturated rings. The van der Waals surface area contributed by atoms with Gasteiger partial charge in [-0.25, -0.2) is 0 Å². The van der Waals surface area contributed by atoms with Crippen molar-refractivity contribution in [3.05, 3.63) is 64.6 Å². The fraction of sp³-hybridized carbons (Fsp3) is 0.263. The number of benzene rings is 1. The van der Waals surface area contributed by atoms with Crippen molar-refractivity contribution in [1.82, 2.24) is 4.90 Å². The van der Waals surface area contributed by atoms with Crippen LogP contribution in [0.1, 0.15) is 23.7 Å². The highest BCUT2D eigenvalue weighted by Crippen LogP contribution is 2.51. The first-order chi connectivity index (χ1) is 12.6. The van der Waals surface area contributed by atoms with Gasteiger partial charge in [-0.15, -0.1) is 23.5 Å². The van der Waals surface area contributed by atoms with E-state index in [2.05, 4.69) is 6.07 Å². The smallest absolute Gasteiger partial charge is 0.231 e. The Morgan fingerprint density at radius 1 is 1.38 bits per heavy atom. The summed E-state index contributed by atoms with van der Waals surface area (Å²) >= 11 is 2.97. The molecule has 0 bridgehead atoms. The van der Waals surface area contributed by atoms with Gasteiger partial charge in [0.05, 0.1) is 28.7 Å². The van der Waals surface area contributed by atoms with Gasteiger partial charge in [-0.3, -0.25) is 9.69 Å². The van der Waals surface area contributed by atoms with E-state index < -0.39 is 5.72 Å². The number of nitrogens with zero attached hydrogens (tertiary/aromatic N) is 2. The Balaban J connectivity index is 1.78. The number of rotatable bonds is 3. The third-order valence-electron chi connectivity index (χ3n) is 4.74. The van der Waals surface area contributed by atoms with Crippen LogP contribution in [-0.2, 0) is 10.5 Å². The summed E-state index contributed by atoms with van der Waals surface area (Å²) in [5.74, 6) is 0.0570. The molecule has 1 aromatic carbocycles. The lowest BCUT2D eigenvalue weighted by molar-refractivity contribution is -0.152. The number of carbonyl (C=O) groups excluding carboxylic acids is 1. The fourth-order valence-electron chi connectivity index (χ4n) is 3.44. The van der Waals surface area contributed by atoms with E-state index in [0.29, 0.717) is 16.4 Å². The van der Waals surface area contributed by atoms with Crippen molar-refractivity contribution in [2.24, 2.45) is 0 Å². The molecule has 132 valence electrons. The van der Waals surface area contributed by atoms with Gasteiger partial charge in [0.1, 0.15) is 0 Å². The summed E-state index contributed by atoms with van der Waals surface area (Å²) in [7, 11) is 0. The normalized spacial score (nSPS) is 25.3. The summed E-state index contributed by atoms with van der Waals surface area (Å²) < 4.78 is 5.36. The molecule has 5 nitrogen and oxygen atoms in total. The SMILES string of the molecule is CSc1ccc(C2CC(=O)N3C(=C2C#N)SCC3(O)c2ccco2)cc1. The Kier molecular flexibility index (Phi) is 4.35. The average molecular weight is 384 g/mol. The molecule has 2 aliphatic heterocycles. The number of carbonyl (C=O) groups is 1. The van der Waals surface area contributed by atoms with Gasteiger partial charge < -0.3 is 9.52 Å². The van der Waals surface area contributed by atoms with Crippen LogP contribution in [0.4, 0.5) is 0 Å². The van der Waals surface area contributed by atoms with Crippen molar-refractivity contribution < 1.29 is 14.3 Å². The molecule has 0 saturated carbocycles. The molecule has 1 N–H and O–H groups in total. The predicted molar refractivity (Wildman–Crippen MR) is 100 cm³/mol. The highest BCUT2D eigenvalue weighted by molar-refractivity contribution is 8.03. The molecular weight excluding hydrogens is 368 g/mol. The molecule has 1 aromatic heterocycles. The first-order valence-electron chi connectivity index (χ1n) is 8.09. The van der Waals surface area contributed by atoms with E-state index in [1.807, 2.05) is 30.5 Å². The summed E-state index contributed by atoms with van der Waals surface area (Å²) in [6.07, 6.45) is 3.62. The summed E-state index contributed by atoms with van der Waals surface area (Å²) in [5, 5.41) is 21.4. The van der Waals surface area contributed by atoms with Crippen molar-refractivity contribution >= 4 is 29.4 Å². The predicted octanol–water partition coefficient (Wildman–Crippen LogP) is 3.64. The zero-order valence-corrected chi connectivity index (χ0v) is 15.6. The minimum absolute atomic E-state index is 0.147. The largest absolute Gasteiger partial charge is 0.464 e. The maximum Gasteiger partial charge on any atom is 0.231 e. The van der Waals surface area contributed by atoms with Gasteiger partial charge in [-0.05, 0) is 36.1 Å². The maximum atomic E-state index is 12.9. The Morgan fingerprint density at radius 3 is 2.77 bits per heavy atom. The van der Waals surface area contributed by atoms with Crippen LogP contribution in [0.5, 0.6) is 0 Å². The van der Waals surface area contributed by atoms with Crippen molar-refractivity contribution in [3.8, 4) is 6.07 Å². The van der Waals surface area contributed by atoms with Crippen LogP contribution in [0.15, 0.2) is 62.6 Å². The molecule has 2 atom stereocenters. The number of hydrogen-bond acceptors (Lipinski definition) is 6. The fourth-order valence-corrected chi connectivity index (χ4v) is 5.18. The third-order valence-corrected chi connectivity index (χ3v) is 6.71. The molecule has 0 spiro atoms. The number of nitriles is 1. The maximum absolute atomic E-state index is 12.9. The monoisotopic (exact) mass is 384 g/mol. The van der Waals surface area contributed by atoms with Crippen LogP contribution in [-0.4, -0.2) is 27.9 Å². The molecule has 26 heavy (non-hydrogen) atoms. The number of aliphatic hydroxyl groups is 1. The number of hydrogen-bond donors (Lipinski definition) is 1. The molecule has 2 aromatic rings. The van der Waals surface area contributed by atoms with Gasteiger partial charge in [-0.1, -0.05) is 12.1 Å². The second kappa shape index (κ2) is 6.54. The van der Waals surface area contributed by atoms with Crippen LogP contribution in [0, 0.1) is 11.3 Å². The van der Waals surface area contributed by atoms with Gasteiger partial charge in [0, 0.05) is 17.2 Å². The van der Waals surface area contributed by atoms with Crippen molar-refractivity contribution in [2.45, 2.75) is 23.0 Å². The Hall–Kier alpha value is -2.14. The lowest BCUT2D eigenvalue weighted by Crippen LogP contribution is -2.48. The van der Waals surface area contributed by atoms with Crippen LogP contribution in [0.25, 0.3) is 0 Å². The van der Waals surface area contributed by atoms with E-state index in [9.17, 15) is 15.2 Å². The first kappa shape index (κ1) is 17.3. The van der Waals surface area contributed by atoms with Crippen LogP contribution < -0.4 is 0 Å². The lowest BCUT2D eigenvalue weighted by Gasteiger charge is -2.36. The highest BCUT2D eigenvalue weighted by Gasteiger charge is 2.53.